The van der Waals surface area contributed by atoms with Crippen LogP contribution in [-0.2, 0) is 0 Å². The maximum absolute atomic E-state index is 9.97. The number of aliphatic hydroxyl groups excluding tert-OH is 1. The Balaban J connectivity index is 2.25. The van der Waals surface area contributed by atoms with E-state index in [0.29, 0.717) is 5.92 Å². The van der Waals surface area contributed by atoms with Crippen molar-refractivity contribution in [2.75, 3.05) is 0 Å². The third-order valence-electron chi connectivity index (χ3n) is 4.24. The second-order valence-corrected chi connectivity index (χ2v) is 4.52. The van der Waals surface area contributed by atoms with Crippen molar-refractivity contribution in [3.05, 3.63) is 30.1 Å². The minimum atomic E-state index is -0.120. The van der Waals surface area contributed by atoms with Crippen molar-refractivity contribution in [2.45, 2.75) is 45.1 Å². The van der Waals surface area contributed by atoms with E-state index in [2.05, 4.69) is 31.0 Å². The molecule has 1 heterocycles. The predicted molar refractivity (Wildman–Crippen MR) is 60.6 cm³/mol. The first-order valence-electron chi connectivity index (χ1n) is 5.82. The van der Waals surface area contributed by atoms with E-state index in [-0.39, 0.29) is 11.5 Å². The molecule has 1 aromatic heterocycles. The Morgan fingerprint density at radius 3 is 2.40 bits per heavy atom. The number of aromatic nitrogens is 1. The molecule has 2 unspecified atom stereocenters. The van der Waals surface area contributed by atoms with Crippen molar-refractivity contribution < 1.29 is 5.11 Å². The molecule has 82 valence electrons. The van der Waals surface area contributed by atoms with Crippen LogP contribution in [0, 0.1) is 5.41 Å². The molecule has 1 aromatic rings. The molecule has 0 spiro atoms. The van der Waals surface area contributed by atoms with Gasteiger partial charge in [-0.15, -0.1) is 0 Å². The first kappa shape index (κ1) is 10.6. The van der Waals surface area contributed by atoms with E-state index in [1.54, 1.807) is 0 Å². The van der Waals surface area contributed by atoms with Crippen LogP contribution in [0.3, 0.4) is 0 Å². The van der Waals surface area contributed by atoms with Gasteiger partial charge in [-0.25, -0.2) is 0 Å². The molecular weight excluding hydrogens is 186 g/mol. The zero-order valence-corrected chi connectivity index (χ0v) is 9.48. The molecule has 1 saturated carbocycles. The monoisotopic (exact) mass is 205 g/mol. The zero-order chi connectivity index (χ0) is 10.9. The van der Waals surface area contributed by atoms with Gasteiger partial charge in [0, 0.05) is 17.8 Å². The molecule has 0 saturated heterocycles. The molecule has 0 aliphatic heterocycles. The van der Waals surface area contributed by atoms with Crippen molar-refractivity contribution in [2.24, 2.45) is 5.41 Å². The zero-order valence-electron chi connectivity index (χ0n) is 9.48. The van der Waals surface area contributed by atoms with Gasteiger partial charge in [0.05, 0.1) is 6.10 Å². The maximum Gasteiger partial charge on any atom is 0.0608 e. The van der Waals surface area contributed by atoms with E-state index in [0.717, 1.165) is 19.3 Å². The molecule has 2 rings (SSSR count). The van der Waals surface area contributed by atoms with E-state index < -0.39 is 0 Å². The molecule has 2 nitrogen and oxygen atoms in total. The van der Waals surface area contributed by atoms with Crippen LogP contribution in [0.2, 0.25) is 0 Å². The number of aliphatic hydroxyl groups is 1. The van der Waals surface area contributed by atoms with Gasteiger partial charge in [-0.05, 0) is 42.9 Å². The average Bonchev–Trinajstić information content (AvgIpc) is 2.29. The third kappa shape index (κ3) is 1.48. The summed E-state index contributed by atoms with van der Waals surface area (Å²) in [6, 6.07) is 4.16. The van der Waals surface area contributed by atoms with Crippen molar-refractivity contribution >= 4 is 0 Å². The Kier molecular flexibility index (Phi) is 2.79. The highest BCUT2D eigenvalue weighted by Gasteiger charge is 2.52. The molecular formula is C13H19NO. The second kappa shape index (κ2) is 3.93. The summed E-state index contributed by atoms with van der Waals surface area (Å²) in [6.07, 6.45) is 6.58. The van der Waals surface area contributed by atoms with Gasteiger partial charge in [-0.1, -0.05) is 13.8 Å². The van der Waals surface area contributed by atoms with Gasteiger partial charge >= 0.3 is 0 Å². The highest BCUT2D eigenvalue weighted by Crippen LogP contribution is 2.57. The largest absolute Gasteiger partial charge is 0.393 e. The van der Waals surface area contributed by atoms with Crippen LogP contribution in [-0.4, -0.2) is 16.2 Å². The van der Waals surface area contributed by atoms with Gasteiger partial charge in [0.15, 0.2) is 0 Å². The molecule has 2 heteroatoms. The number of hydrogen-bond donors (Lipinski definition) is 1. The number of pyridine rings is 1. The lowest BCUT2D eigenvalue weighted by Gasteiger charge is -2.53. The van der Waals surface area contributed by atoms with Gasteiger partial charge in [0.25, 0.3) is 0 Å². The summed E-state index contributed by atoms with van der Waals surface area (Å²) in [4.78, 5) is 4.04. The molecule has 2 atom stereocenters. The highest BCUT2D eigenvalue weighted by atomic mass is 16.3. The minimum Gasteiger partial charge on any atom is -0.393 e. The SMILES string of the molecule is CCC1(CC)C(O)CC1c1ccncc1. The van der Waals surface area contributed by atoms with Crippen molar-refractivity contribution in [1.82, 2.24) is 4.98 Å². The Labute approximate surface area is 91.4 Å². The van der Waals surface area contributed by atoms with Gasteiger partial charge in [-0.3, -0.25) is 4.98 Å². The van der Waals surface area contributed by atoms with E-state index in [1.807, 2.05) is 12.4 Å². The van der Waals surface area contributed by atoms with Crippen molar-refractivity contribution in [3.63, 3.8) is 0 Å². The highest BCUT2D eigenvalue weighted by molar-refractivity contribution is 5.25. The molecule has 1 fully saturated rings. The Bertz CT molecular complexity index is 319. The lowest BCUT2D eigenvalue weighted by Crippen LogP contribution is -2.50. The smallest absolute Gasteiger partial charge is 0.0608 e. The van der Waals surface area contributed by atoms with Crippen LogP contribution >= 0.6 is 0 Å². The molecule has 15 heavy (non-hydrogen) atoms. The van der Waals surface area contributed by atoms with E-state index in [4.69, 9.17) is 0 Å². The van der Waals surface area contributed by atoms with E-state index in [1.165, 1.54) is 5.56 Å². The molecule has 0 radical (unpaired) electrons. The Hall–Kier alpha value is -0.890. The van der Waals surface area contributed by atoms with Crippen LogP contribution in [0.15, 0.2) is 24.5 Å². The molecule has 1 aliphatic carbocycles. The first-order chi connectivity index (χ1) is 7.24. The van der Waals surface area contributed by atoms with Gasteiger partial charge < -0.3 is 5.11 Å². The van der Waals surface area contributed by atoms with Gasteiger partial charge in [0.2, 0.25) is 0 Å². The van der Waals surface area contributed by atoms with Crippen molar-refractivity contribution in [3.8, 4) is 0 Å². The standard InChI is InChI=1S/C13H19NO/c1-3-13(4-2)11(9-12(13)15)10-5-7-14-8-6-10/h5-8,11-12,15H,3-4,9H2,1-2H3. The molecule has 1 aliphatic rings. The summed E-state index contributed by atoms with van der Waals surface area (Å²) in [5.41, 5.74) is 1.44. The van der Waals surface area contributed by atoms with Crippen LogP contribution in [0.5, 0.6) is 0 Å². The Morgan fingerprint density at radius 1 is 1.33 bits per heavy atom. The minimum absolute atomic E-state index is 0.112. The summed E-state index contributed by atoms with van der Waals surface area (Å²) in [5.74, 6) is 0.519. The summed E-state index contributed by atoms with van der Waals surface area (Å²) >= 11 is 0. The number of hydrogen-bond acceptors (Lipinski definition) is 2. The fourth-order valence-corrected chi connectivity index (χ4v) is 3.04. The molecule has 0 amide bonds. The van der Waals surface area contributed by atoms with Crippen LogP contribution in [0.1, 0.15) is 44.6 Å². The third-order valence-corrected chi connectivity index (χ3v) is 4.24. The molecule has 0 aromatic carbocycles. The second-order valence-electron chi connectivity index (χ2n) is 4.52. The fraction of sp³-hybridized carbons (Fsp3) is 0.615. The van der Waals surface area contributed by atoms with Crippen LogP contribution < -0.4 is 0 Å². The predicted octanol–water partition coefficient (Wildman–Crippen LogP) is 2.74. The quantitative estimate of drug-likeness (QED) is 0.823. The summed E-state index contributed by atoms with van der Waals surface area (Å²) in [5, 5.41) is 9.97. The van der Waals surface area contributed by atoms with Gasteiger partial charge in [-0.2, -0.15) is 0 Å². The normalized spacial score (nSPS) is 28.5. The molecule has 1 N–H and O–H groups in total. The van der Waals surface area contributed by atoms with Crippen molar-refractivity contribution in [1.29, 1.82) is 0 Å². The lowest BCUT2D eigenvalue weighted by atomic mass is 9.53. The van der Waals surface area contributed by atoms with Crippen LogP contribution in [0.25, 0.3) is 0 Å². The maximum atomic E-state index is 9.97. The number of nitrogens with zero attached hydrogens (tertiary/aromatic N) is 1. The van der Waals surface area contributed by atoms with Crippen LogP contribution in [0.4, 0.5) is 0 Å². The van der Waals surface area contributed by atoms with E-state index in [9.17, 15) is 5.11 Å². The average molecular weight is 205 g/mol. The summed E-state index contributed by atoms with van der Waals surface area (Å²) in [6.45, 7) is 4.36. The number of rotatable bonds is 3. The van der Waals surface area contributed by atoms with Gasteiger partial charge in [0.1, 0.15) is 0 Å². The first-order valence-corrected chi connectivity index (χ1v) is 5.82. The van der Waals surface area contributed by atoms with E-state index >= 15 is 0 Å². The topological polar surface area (TPSA) is 33.1 Å². The fourth-order valence-electron chi connectivity index (χ4n) is 3.04. The Morgan fingerprint density at radius 2 is 1.93 bits per heavy atom. The summed E-state index contributed by atoms with van der Waals surface area (Å²) < 4.78 is 0. The lowest BCUT2D eigenvalue weighted by molar-refractivity contribution is -0.0932. The molecule has 0 bridgehead atoms. The summed E-state index contributed by atoms with van der Waals surface area (Å²) in [7, 11) is 0.